The lowest BCUT2D eigenvalue weighted by molar-refractivity contribution is -0.139. The van der Waals surface area contributed by atoms with Crippen LogP contribution in [0.2, 0.25) is 0 Å². The van der Waals surface area contributed by atoms with Crippen LogP contribution in [0.25, 0.3) is 0 Å². The highest BCUT2D eigenvalue weighted by molar-refractivity contribution is 5.37. The molecule has 0 aliphatic heterocycles. The molecule has 0 fully saturated rings. The highest BCUT2D eigenvalue weighted by Crippen LogP contribution is 2.20. The molecule has 0 aromatic carbocycles. The van der Waals surface area contributed by atoms with Gasteiger partial charge >= 0.3 is 6.18 Å². The number of hydrogen-bond acceptors (Lipinski definition) is 5. The molecule has 5 nitrogen and oxygen atoms in total. The minimum Gasteiger partial charge on any atom is -0.477 e. The molecule has 0 saturated carbocycles. The Morgan fingerprint density at radius 1 is 1.33 bits per heavy atom. The normalized spacial score (nSPS) is 11.4. The van der Waals surface area contributed by atoms with E-state index in [-0.39, 0.29) is 12.5 Å². The van der Waals surface area contributed by atoms with Crippen LogP contribution in [0.4, 0.5) is 19.0 Å². The first-order chi connectivity index (χ1) is 8.44. The standard InChI is InChI=1S/C10H14F3N3O2/c1-14-7-5-9(16-8(15-7)6-17-2)18-4-3-10(11,12)13/h5H,3-4,6H2,1-2H3,(H,14,15,16). The molecule has 0 bridgehead atoms. The minimum atomic E-state index is -4.24. The van der Waals surface area contributed by atoms with E-state index in [4.69, 9.17) is 9.47 Å². The average Bonchev–Trinajstić information content (AvgIpc) is 2.27. The summed E-state index contributed by atoms with van der Waals surface area (Å²) in [6.45, 7) is -0.318. The zero-order chi connectivity index (χ0) is 13.6. The molecule has 8 heteroatoms. The fourth-order valence-electron chi connectivity index (χ4n) is 1.14. The van der Waals surface area contributed by atoms with Crippen LogP contribution < -0.4 is 10.1 Å². The molecule has 0 aliphatic carbocycles. The lowest BCUT2D eigenvalue weighted by Gasteiger charge is -2.10. The largest absolute Gasteiger partial charge is 0.477 e. The average molecular weight is 265 g/mol. The second kappa shape index (κ2) is 6.39. The van der Waals surface area contributed by atoms with Crippen molar-refractivity contribution in [3.63, 3.8) is 0 Å². The van der Waals surface area contributed by atoms with Gasteiger partial charge in [-0.25, -0.2) is 4.98 Å². The van der Waals surface area contributed by atoms with Crippen molar-refractivity contribution in [1.82, 2.24) is 9.97 Å². The monoisotopic (exact) mass is 265 g/mol. The first-order valence-electron chi connectivity index (χ1n) is 5.19. The second-order valence-corrected chi connectivity index (χ2v) is 3.40. The molecule has 1 rings (SSSR count). The predicted octanol–water partition coefficient (Wildman–Crippen LogP) is 2.00. The Morgan fingerprint density at radius 2 is 2.06 bits per heavy atom. The maximum absolute atomic E-state index is 12.0. The Kier molecular flexibility index (Phi) is 5.14. The van der Waals surface area contributed by atoms with Crippen LogP contribution in [0.3, 0.4) is 0 Å². The zero-order valence-corrected chi connectivity index (χ0v) is 10.0. The van der Waals surface area contributed by atoms with Gasteiger partial charge in [-0.1, -0.05) is 0 Å². The van der Waals surface area contributed by atoms with Crippen LogP contribution in [-0.2, 0) is 11.3 Å². The Labute approximate surface area is 102 Å². The van der Waals surface area contributed by atoms with Crippen molar-refractivity contribution in [1.29, 1.82) is 0 Å². The molecule has 0 amide bonds. The number of nitrogens with zero attached hydrogens (tertiary/aromatic N) is 2. The lowest BCUT2D eigenvalue weighted by Crippen LogP contribution is -2.14. The molecule has 0 radical (unpaired) electrons. The van der Waals surface area contributed by atoms with Gasteiger partial charge in [-0.2, -0.15) is 18.2 Å². The number of hydrogen-bond donors (Lipinski definition) is 1. The summed E-state index contributed by atoms with van der Waals surface area (Å²) in [6.07, 6.45) is -5.26. The van der Waals surface area contributed by atoms with Gasteiger partial charge in [-0.05, 0) is 0 Å². The first-order valence-corrected chi connectivity index (χ1v) is 5.19. The van der Waals surface area contributed by atoms with Gasteiger partial charge in [0.1, 0.15) is 12.4 Å². The number of ether oxygens (including phenoxy) is 2. The van der Waals surface area contributed by atoms with Crippen molar-refractivity contribution in [3.8, 4) is 5.88 Å². The van der Waals surface area contributed by atoms with Crippen molar-refractivity contribution < 1.29 is 22.6 Å². The fraction of sp³-hybridized carbons (Fsp3) is 0.600. The molecule has 0 atom stereocenters. The smallest absolute Gasteiger partial charge is 0.392 e. The molecular formula is C10H14F3N3O2. The van der Waals surface area contributed by atoms with Gasteiger partial charge in [0.25, 0.3) is 0 Å². The number of halogens is 3. The summed E-state index contributed by atoms with van der Waals surface area (Å²) in [4.78, 5) is 7.97. The fourth-order valence-corrected chi connectivity index (χ4v) is 1.14. The Morgan fingerprint density at radius 3 is 2.61 bits per heavy atom. The van der Waals surface area contributed by atoms with Crippen LogP contribution in [0.15, 0.2) is 6.07 Å². The second-order valence-electron chi connectivity index (χ2n) is 3.40. The predicted molar refractivity (Wildman–Crippen MR) is 58.5 cm³/mol. The maximum atomic E-state index is 12.0. The third kappa shape index (κ3) is 5.17. The molecule has 0 saturated heterocycles. The Bertz CT molecular complexity index is 385. The van der Waals surface area contributed by atoms with E-state index in [9.17, 15) is 13.2 Å². The van der Waals surface area contributed by atoms with E-state index in [1.54, 1.807) is 7.05 Å². The van der Waals surface area contributed by atoms with Gasteiger partial charge in [0.2, 0.25) is 5.88 Å². The number of nitrogens with one attached hydrogen (secondary N) is 1. The number of anilines is 1. The van der Waals surface area contributed by atoms with E-state index >= 15 is 0 Å². The first kappa shape index (κ1) is 14.5. The van der Waals surface area contributed by atoms with Crippen LogP contribution in [0, 0.1) is 0 Å². The molecule has 1 aromatic rings. The molecule has 1 heterocycles. The summed E-state index contributed by atoms with van der Waals surface area (Å²) < 4.78 is 45.7. The van der Waals surface area contributed by atoms with E-state index in [0.717, 1.165) is 0 Å². The summed E-state index contributed by atoms with van der Waals surface area (Å²) in [5, 5.41) is 2.76. The van der Waals surface area contributed by atoms with Crippen LogP contribution in [-0.4, -0.2) is 36.9 Å². The van der Waals surface area contributed by atoms with E-state index < -0.39 is 19.2 Å². The molecule has 18 heavy (non-hydrogen) atoms. The quantitative estimate of drug-likeness (QED) is 0.852. The van der Waals surface area contributed by atoms with Gasteiger partial charge < -0.3 is 14.8 Å². The third-order valence-corrected chi connectivity index (χ3v) is 1.91. The summed E-state index contributed by atoms with van der Waals surface area (Å²) >= 11 is 0. The molecule has 1 aromatic heterocycles. The Hall–Kier alpha value is -1.57. The van der Waals surface area contributed by atoms with Crippen molar-refractivity contribution in [2.75, 3.05) is 26.1 Å². The summed E-state index contributed by atoms with van der Waals surface area (Å²) in [6, 6.07) is 1.43. The summed E-state index contributed by atoms with van der Waals surface area (Å²) in [5.74, 6) is 0.885. The molecule has 1 N–H and O–H groups in total. The number of aromatic nitrogens is 2. The topological polar surface area (TPSA) is 56.3 Å². The zero-order valence-electron chi connectivity index (χ0n) is 10.0. The molecular weight excluding hydrogens is 251 g/mol. The lowest BCUT2D eigenvalue weighted by atomic mass is 10.4. The molecule has 0 spiro atoms. The van der Waals surface area contributed by atoms with Gasteiger partial charge in [-0.15, -0.1) is 0 Å². The van der Waals surface area contributed by atoms with Crippen molar-refractivity contribution in [2.24, 2.45) is 0 Å². The van der Waals surface area contributed by atoms with E-state index in [2.05, 4.69) is 15.3 Å². The van der Waals surface area contributed by atoms with Crippen LogP contribution in [0.1, 0.15) is 12.2 Å². The van der Waals surface area contributed by atoms with Gasteiger partial charge in [0.05, 0.1) is 13.0 Å². The van der Waals surface area contributed by atoms with Crippen LogP contribution >= 0.6 is 0 Å². The SMILES string of the molecule is CNc1cc(OCCC(F)(F)F)nc(COC)n1. The number of methoxy groups -OCH3 is 1. The number of rotatable bonds is 6. The van der Waals surface area contributed by atoms with Crippen molar-refractivity contribution >= 4 is 5.82 Å². The highest BCUT2D eigenvalue weighted by atomic mass is 19.4. The van der Waals surface area contributed by atoms with E-state index in [1.165, 1.54) is 13.2 Å². The highest BCUT2D eigenvalue weighted by Gasteiger charge is 2.27. The van der Waals surface area contributed by atoms with Gasteiger partial charge in [0, 0.05) is 20.2 Å². The van der Waals surface area contributed by atoms with E-state index in [1.807, 2.05) is 0 Å². The molecule has 102 valence electrons. The van der Waals surface area contributed by atoms with E-state index in [0.29, 0.717) is 11.6 Å². The van der Waals surface area contributed by atoms with Gasteiger partial charge in [0.15, 0.2) is 5.82 Å². The number of alkyl halides is 3. The van der Waals surface area contributed by atoms with Crippen molar-refractivity contribution in [2.45, 2.75) is 19.2 Å². The molecule has 0 aliphatic rings. The maximum Gasteiger partial charge on any atom is 0.392 e. The molecule has 0 unspecified atom stereocenters. The van der Waals surface area contributed by atoms with Crippen molar-refractivity contribution in [3.05, 3.63) is 11.9 Å². The van der Waals surface area contributed by atoms with Crippen LogP contribution in [0.5, 0.6) is 5.88 Å². The minimum absolute atomic E-state index is 0.0886. The summed E-state index contributed by atoms with van der Waals surface area (Å²) in [5.41, 5.74) is 0. The van der Waals surface area contributed by atoms with Gasteiger partial charge in [-0.3, -0.25) is 0 Å². The Balaban J connectivity index is 2.66. The summed E-state index contributed by atoms with van der Waals surface area (Å²) in [7, 11) is 3.11. The third-order valence-electron chi connectivity index (χ3n) is 1.91.